The van der Waals surface area contributed by atoms with Gasteiger partial charge in [0.2, 0.25) is 5.82 Å². The van der Waals surface area contributed by atoms with E-state index in [0.29, 0.717) is 11.0 Å². The zero-order chi connectivity index (χ0) is 32.7. The lowest BCUT2D eigenvalue weighted by Gasteiger charge is -2.32. The number of rotatable bonds is 13. The summed E-state index contributed by atoms with van der Waals surface area (Å²) in [5, 5.41) is 30.5. The van der Waals surface area contributed by atoms with Crippen molar-refractivity contribution in [3.8, 4) is 11.5 Å². The lowest BCUT2D eigenvalue weighted by Crippen LogP contribution is -2.50. The number of aliphatic hydroxyl groups excluding tert-OH is 2. The van der Waals surface area contributed by atoms with Crippen molar-refractivity contribution in [2.75, 3.05) is 13.2 Å². The molecule has 0 radical (unpaired) electrons. The average Bonchev–Trinajstić information content (AvgIpc) is 3.38. The SMILES string of the molecule is CC(=O)OC[C@@H](OC(C)=O)[C@@H](OC(C)=O)[C@H](Cn1c(=O)c(-c2nnnn2CC(O)CO)nc2cc(C)c(C)cc21)OC(C)=O. The summed E-state index contributed by atoms with van der Waals surface area (Å²) < 4.78 is 23.6. The normalized spacial score (nSPS) is 13.9. The number of aryl methyl sites for hydroxylation is 2. The van der Waals surface area contributed by atoms with Crippen molar-refractivity contribution >= 4 is 34.9 Å². The Hall–Kier alpha value is -4.77. The number of aliphatic hydroxyl groups is 2. The summed E-state index contributed by atoms with van der Waals surface area (Å²) in [4.78, 5) is 66.6. The molecule has 2 N–H and O–H groups in total. The quantitative estimate of drug-likeness (QED) is 0.180. The number of esters is 4. The molecule has 4 atom stereocenters. The molecule has 0 aliphatic heterocycles. The zero-order valence-electron chi connectivity index (χ0n) is 25.0. The van der Waals surface area contributed by atoms with Crippen molar-refractivity contribution in [3.63, 3.8) is 0 Å². The number of benzene rings is 1. The first-order chi connectivity index (χ1) is 20.7. The van der Waals surface area contributed by atoms with E-state index in [1.54, 1.807) is 12.1 Å². The van der Waals surface area contributed by atoms with E-state index in [-0.39, 0.29) is 18.1 Å². The largest absolute Gasteiger partial charge is 0.462 e. The van der Waals surface area contributed by atoms with Crippen molar-refractivity contribution in [2.45, 2.75) is 79.0 Å². The fourth-order valence-electron chi connectivity index (χ4n) is 4.37. The van der Waals surface area contributed by atoms with Gasteiger partial charge in [-0.3, -0.25) is 24.0 Å². The van der Waals surface area contributed by atoms with E-state index in [1.165, 1.54) is 4.57 Å². The number of hydrogen-bond acceptors (Lipinski definition) is 15. The molecule has 44 heavy (non-hydrogen) atoms. The first-order valence-corrected chi connectivity index (χ1v) is 13.4. The number of carbonyl (C=O) groups is 4. The van der Waals surface area contributed by atoms with Crippen LogP contribution in [0.25, 0.3) is 22.6 Å². The van der Waals surface area contributed by atoms with Gasteiger partial charge in [-0.1, -0.05) is 0 Å². The molecule has 17 nitrogen and oxygen atoms in total. The van der Waals surface area contributed by atoms with Gasteiger partial charge in [-0.2, -0.15) is 0 Å². The van der Waals surface area contributed by atoms with E-state index in [2.05, 4.69) is 20.5 Å². The molecule has 0 saturated carbocycles. The molecule has 1 unspecified atom stereocenters. The van der Waals surface area contributed by atoms with Gasteiger partial charge in [0.1, 0.15) is 6.61 Å². The van der Waals surface area contributed by atoms with Gasteiger partial charge in [-0.25, -0.2) is 9.67 Å². The van der Waals surface area contributed by atoms with Gasteiger partial charge < -0.3 is 33.7 Å². The molecule has 1 aromatic carbocycles. The summed E-state index contributed by atoms with van der Waals surface area (Å²) in [6.07, 6.45) is -5.65. The van der Waals surface area contributed by atoms with E-state index in [4.69, 9.17) is 18.9 Å². The van der Waals surface area contributed by atoms with Gasteiger partial charge in [0.25, 0.3) is 5.56 Å². The van der Waals surface area contributed by atoms with E-state index in [9.17, 15) is 34.2 Å². The van der Waals surface area contributed by atoms with Crippen LogP contribution < -0.4 is 5.56 Å². The topological polar surface area (TPSA) is 224 Å². The Morgan fingerprint density at radius 3 is 2.09 bits per heavy atom. The Balaban J connectivity index is 2.27. The standard InChI is InChI=1S/C27H34N6O11/c1-13-7-20-21(8-14(13)2)32(27(40)24(28-20)26-29-30-31-33(26)9-19(39)11-34)10-22(42-16(4)36)25(44-18(6)38)23(43-17(5)37)12-41-15(3)35/h7-8,19,22-23,25,34,39H,9-12H2,1-6H3/t19?,22-,23+,25-/m0/s1. The lowest BCUT2D eigenvalue weighted by molar-refractivity contribution is -0.190. The molecule has 0 spiro atoms. The second-order valence-electron chi connectivity index (χ2n) is 9.99. The summed E-state index contributed by atoms with van der Waals surface area (Å²) in [6, 6.07) is 3.41. The molecular weight excluding hydrogens is 584 g/mol. The smallest absolute Gasteiger partial charge is 0.303 e. The van der Waals surface area contributed by atoms with Gasteiger partial charge in [-0.05, 0) is 47.5 Å². The molecule has 0 aliphatic carbocycles. The van der Waals surface area contributed by atoms with Crippen LogP contribution in [0.15, 0.2) is 16.9 Å². The molecule has 0 aliphatic rings. The van der Waals surface area contributed by atoms with Crippen molar-refractivity contribution in [3.05, 3.63) is 33.6 Å². The predicted octanol–water partition coefficient (Wildman–Crippen LogP) is -0.622. The van der Waals surface area contributed by atoms with Crippen LogP contribution in [0.2, 0.25) is 0 Å². The molecule has 0 saturated heterocycles. The van der Waals surface area contributed by atoms with Crippen LogP contribution in [0.5, 0.6) is 0 Å². The summed E-state index contributed by atoms with van der Waals surface area (Å²) >= 11 is 0. The Morgan fingerprint density at radius 2 is 1.50 bits per heavy atom. The Labute approximate surface area is 250 Å². The van der Waals surface area contributed by atoms with Gasteiger partial charge >= 0.3 is 23.9 Å². The molecule has 0 bridgehead atoms. The van der Waals surface area contributed by atoms with Crippen LogP contribution in [0.4, 0.5) is 0 Å². The Bertz CT molecular complexity index is 1600. The second kappa shape index (κ2) is 14.6. The van der Waals surface area contributed by atoms with Crippen LogP contribution in [0, 0.1) is 13.8 Å². The summed E-state index contributed by atoms with van der Waals surface area (Å²) in [7, 11) is 0. The number of aromatic nitrogens is 6. The van der Waals surface area contributed by atoms with Crippen LogP contribution in [0.1, 0.15) is 38.8 Å². The van der Waals surface area contributed by atoms with Crippen LogP contribution >= 0.6 is 0 Å². The zero-order valence-corrected chi connectivity index (χ0v) is 25.0. The second-order valence-corrected chi connectivity index (χ2v) is 9.99. The highest BCUT2D eigenvalue weighted by molar-refractivity contribution is 5.79. The van der Waals surface area contributed by atoms with Crippen LogP contribution in [-0.4, -0.2) is 101 Å². The van der Waals surface area contributed by atoms with Gasteiger partial charge in [-0.15, -0.1) is 5.10 Å². The van der Waals surface area contributed by atoms with Gasteiger partial charge in [0.15, 0.2) is 24.0 Å². The molecule has 2 aromatic heterocycles. The third-order valence-electron chi connectivity index (χ3n) is 6.38. The maximum atomic E-state index is 14.1. The van der Waals surface area contributed by atoms with Crippen LogP contribution in [-0.2, 0) is 51.2 Å². The number of ether oxygens (including phenoxy) is 4. The van der Waals surface area contributed by atoms with Crippen LogP contribution in [0.3, 0.4) is 0 Å². The highest BCUT2D eigenvalue weighted by atomic mass is 16.6. The molecule has 0 amide bonds. The Kier molecular flexibility index (Phi) is 11.2. The Morgan fingerprint density at radius 1 is 0.886 bits per heavy atom. The summed E-state index contributed by atoms with van der Waals surface area (Å²) in [5.41, 5.74) is 1.27. The molecule has 2 heterocycles. The first-order valence-electron chi connectivity index (χ1n) is 13.4. The molecule has 0 fully saturated rings. The van der Waals surface area contributed by atoms with E-state index >= 15 is 0 Å². The van der Waals surface area contributed by atoms with Crippen molar-refractivity contribution in [2.24, 2.45) is 0 Å². The monoisotopic (exact) mass is 618 g/mol. The molecule has 3 aromatic rings. The number of carbonyl (C=O) groups excluding carboxylic acids is 4. The lowest BCUT2D eigenvalue weighted by atomic mass is 10.1. The molecule has 238 valence electrons. The van der Waals surface area contributed by atoms with Crippen molar-refractivity contribution < 1.29 is 48.3 Å². The van der Waals surface area contributed by atoms with Crippen molar-refractivity contribution in [1.82, 2.24) is 29.8 Å². The first kappa shape index (κ1) is 33.7. The summed E-state index contributed by atoms with van der Waals surface area (Å²) in [5.74, 6) is -3.31. The predicted molar refractivity (Wildman–Crippen MR) is 149 cm³/mol. The average molecular weight is 619 g/mol. The summed E-state index contributed by atoms with van der Waals surface area (Å²) in [6.45, 7) is 6.18. The molecular formula is C27H34N6O11. The fraction of sp³-hybridized carbons (Fsp3) is 0.519. The fourth-order valence-corrected chi connectivity index (χ4v) is 4.37. The minimum atomic E-state index is -1.53. The van der Waals surface area contributed by atoms with Gasteiger partial charge in [0, 0.05) is 27.7 Å². The number of hydrogen-bond donors (Lipinski definition) is 2. The minimum absolute atomic E-state index is 0.121. The highest BCUT2D eigenvalue weighted by Gasteiger charge is 2.39. The third kappa shape index (κ3) is 8.41. The third-order valence-corrected chi connectivity index (χ3v) is 6.38. The van der Waals surface area contributed by atoms with E-state index in [0.717, 1.165) is 43.5 Å². The number of fused-ring (bicyclic) bond motifs is 1. The van der Waals surface area contributed by atoms with E-state index in [1.807, 2.05) is 13.8 Å². The van der Waals surface area contributed by atoms with Gasteiger partial charge in [0.05, 0.1) is 36.8 Å². The minimum Gasteiger partial charge on any atom is -0.462 e. The maximum absolute atomic E-state index is 14.1. The molecule has 3 rings (SSSR count). The maximum Gasteiger partial charge on any atom is 0.303 e. The number of nitrogens with zero attached hydrogens (tertiary/aromatic N) is 6. The number of tetrazole rings is 1. The highest BCUT2D eigenvalue weighted by Crippen LogP contribution is 2.23. The molecule has 17 heteroatoms. The van der Waals surface area contributed by atoms with E-state index < -0.39 is 73.6 Å². The van der Waals surface area contributed by atoms with Crippen molar-refractivity contribution in [1.29, 1.82) is 0 Å².